The number of aryl methyl sites for hydroxylation is 2. The molecule has 3 rings (SSSR count). The molecule has 0 N–H and O–H groups in total. The molecule has 0 saturated heterocycles. The predicted octanol–water partition coefficient (Wildman–Crippen LogP) is 2.84. The number of carbonyl (C=O) groups is 2. The van der Waals surface area contributed by atoms with Gasteiger partial charge in [0, 0.05) is 36.3 Å². The number of nitrogens with zero attached hydrogens (tertiary/aromatic N) is 4. The van der Waals surface area contributed by atoms with E-state index in [0.29, 0.717) is 6.42 Å². The highest BCUT2D eigenvalue weighted by molar-refractivity contribution is 5.92. The number of aromatic nitrogens is 3. The van der Waals surface area contributed by atoms with Crippen LogP contribution in [0.3, 0.4) is 0 Å². The number of hydrogen-bond donors (Lipinski definition) is 0. The maximum atomic E-state index is 12.1. The van der Waals surface area contributed by atoms with E-state index in [1.165, 1.54) is 0 Å². The van der Waals surface area contributed by atoms with Gasteiger partial charge in [0.25, 0.3) is 5.91 Å². The summed E-state index contributed by atoms with van der Waals surface area (Å²) in [6, 6.07) is 7.95. The van der Waals surface area contributed by atoms with Gasteiger partial charge in [0.15, 0.2) is 12.3 Å². The van der Waals surface area contributed by atoms with Crippen LogP contribution in [0.2, 0.25) is 0 Å². The van der Waals surface area contributed by atoms with Crippen LogP contribution in [-0.2, 0) is 20.7 Å². The second-order valence-corrected chi connectivity index (χ2v) is 7.27. The van der Waals surface area contributed by atoms with Crippen LogP contribution >= 0.6 is 0 Å². The van der Waals surface area contributed by atoms with Crippen LogP contribution in [0.25, 0.3) is 16.6 Å². The molecule has 0 spiro atoms. The maximum absolute atomic E-state index is 12.1. The summed E-state index contributed by atoms with van der Waals surface area (Å²) in [6.07, 6.45) is 0.679. The Balaban J connectivity index is 1.71. The fraction of sp³-hybridized carbons (Fsp3) is 0.429. The highest BCUT2D eigenvalue weighted by Crippen LogP contribution is 2.23. The average Bonchev–Trinajstić information content (AvgIpc) is 3.04. The Hall–Kier alpha value is -2.96. The van der Waals surface area contributed by atoms with E-state index in [2.05, 4.69) is 5.10 Å². The molecule has 1 amide bonds. The minimum absolute atomic E-state index is 0.0684. The molecule has 0 aliphatic rings. The van der Waals surface area contributed by atoms with Crippen molar-refractivity contribution < 1.29 is 14.3 Å². The third kappa shape index (κ3) is 3.83. The quantitative estimate of drug-likeness (QED) is 0.613. The van der Waals surface area contributed by atoms with E-state index in [0.717, 1.165) is 33.5 Å². The van der Waals surface area contributed by atoms with Crippen LogP contribution in [0.1, 0.15) is 37.2 Å². The molecule has 148 valence electrons. The van der Waals surface area contributed by atoms with Crippen molar-refractivity contribution in [2.45, 2.75) is 46.6 Å². The van der Waals surface area contributed by atoms with Crippen LogP contribution in [-0.4, -0.2) is 51.1 Å². The van der Waals surface area contributed by atoms with E-state index in [-0.39, 0.29) is 25.0 Å². The number of benzene rings is 1. The van der Waals surface area contributed by atoms with Crippen LogP contribution in [0, 0.1) is 13.8 Å². The number of carbonyl (C=O) groups excluding carboxylic acids is 2. The molecule has 2 heterocycles. The van der Waals surface area contributed by atoms with Crippen molar-refractivity contribution >= 4 is 28.4 Å². The molecule has 0 bridgehead atoms. The summed E-state index contributed by atoms with van der Waals surface area (Å²) in [6.45, 7) is 7.51. The Kier molecular flexibility index (Phi) is 5.63. The number of likely N-dealkylation sites (N-methyl/N-ethyl adjacent to an activating group) is 1. The summed E-state index contributed by atoms with van der Waals surface area (Å²) in [4.78, 5) is 30.3. The van der Waals surface area contributed by atoms with Gasteiger partial charge in [0.2, 0.25) is 0 Å². The van der Waals surface area contributed by atoms with E-state index >= 15 is 0 Å². The van der Waals surface area contributed by atoms with E-state index in [4.69, 9.17) is 9.72 Å². The molecule has 0 fully saturated rings. The van der Waals surface area contributed by atoms with Gasteiger partial charge in [0.1, 0.15) is 0 Å². The minimum atomic E-state index is -0.393. The molecule has 0 aliphatic heterocycles. The number of rotatable bonds is 6. The monoisotopic (exact) mass is 382 g/mol. The Labute approximate surface area is 164 Å². The maximum Gasteiger partial charge on any atom is 0.306 e. The third-order valence-electron chi connectivity index (χ3n) is 5.12. The highest BCUT2D eigenvalue weighted by Gasteiger charge is 2.17. The normalized spacial score (nSPS) is 11.4. The molecule has 1 aromatic carbocycles. The molecule has 2 aromatic heterocycles. The average molecular weight is 382 g/mol. The van der Waals surface area contributed by atoms with Gasteiger partial charge in [-0.05, 0) is 51.8 Å². The molecule has 28 heavy (non-hydrogen) atoms. The lowest BCUT2D eigenvalue weighted by Crippen LogP contribution is -2.36. The first-order valence-corrected chi connectivity index (χ1v) is 9.44. The van der Waals surface area contributed by atoms with Gasteiger partial charge in [0.05, 0.1) is 5.52 Å². The fourth-order valence-electron chi connectivity index (χ4n) is 3.17. The van der Waals surface area contributed by atoms with Crippen LogP contribution in [0.15, 0.2) is 24.3 Å². The Morgan fingerprint density at radius 3 is 2.64 bits per heavy atom. The minimum Gasteiger partial charge on any atom is -0.456 e. The van der Waals surface area contributed by atoms with Crippen molar-refractivity contribution in [3.8, 4) is 0 Å². The van der Waals surface area contributed by atoms with E-state index in [9.17, 15) is 9.59 Å². The van der Waals surface area contributed by atoms with E-state index in [1.807, 2.05) is 56.5 Å². The fourth-order valence-corrected chi connectivity index (χ4v) is 3.17. The molecular formula is C21H26N4O3. The zero-order valence-electron chi connectivity index (χ0n) is 17.0. The number of esters is 1. The molecule has 0 unspecified atom stereocenters. The SMILES string of the molecule is Cc1nc2c3ccccc3nn2c(C)c1CCC(=O)OCC(=O)N(C)C(C)C. The molecule has 0 aliphatic carbocycles. The molecule has 3 aromatic rings. The van der Waals surface area contributed by atoms with Gasteiger partial charge in [-0.3, -0.25) is 9.59 Å². The summed E-state index contributed by atoms with van der Waals surface area (Å²) < 4.78 is 6.97. The standard InChI is InChI=1S/C21H26N4O3/c1-13(2)24(5)19(26)12-28-20(27)11-10-16-14(3)22-21-17-8-6-7-9-18(17)23-25(21)15(16)4/h6-9,13H,10-12H2,1-5H3. The van der Waals surface area contributed by atoms with Crippen molar-refractivity contribution in [2.75, 3.05) is 13.7 Å². The smallest absolute Gasteiger partial charge is 0.306 e. The second kappa shape index (κ2) is 7.96. The van der Waals surface area contributed by atoms with Crippen molar-refractivity contribution in [1.82, 2.24) is 19.5 Å². The third-order valence-corrected chi connectivity index (χ3v) is 5.12. The molecule has 0 saturated carbocycles. The highest BCUT2D eigenvalue weighted by atomic mass is 16.5. The number of fused-ring (bicyclic) bond motifs is 3. The van der Waals surface area contributed by atoms with Gasteiger partial charge >= 0.3 is 5.97 Å². The Bertz CT molecular complexity index is 1040. The summed E-state index contributed by atoms with van der Waals surface area (Å²) in [7, 11) is 1.70. The largest absolute Gasteiger partial charge is 0.456 e. The topological polar surface area (TPSA) is 76.8 Å². The predicted molar refractivity (Wildman–Crippen MR) is 107 cm³/mol. The van der Waals surface area contributed by atoms with Crippen molar-refractivity contribution in [3.05, 3.63) is 41.2 Å². The first kappa shape index (κ1) is 19.8. The van der Waals surface area contributed by atoms with Crippen molar-refractivity contribution in [3.63, 3.8) is 0 Å². The van der Waals surface area contributed by atoms with Crippen LogP contribution < -0.4 is 0 Å². The van der Waals surface area contributed by atoms with Crippen LogP contribution in [0.4, 0.5) is 0 Å². The van der Waals surface area contributed by atoms with Gasteiger partial charge < -0.3 is 9.64 Å². The summed E-state index contributed by atoms with van der Waals surface area (Å²) >= 11 is 0. The van der Waals surface area contributed by atoms with E-state index < -0.39 is 5.97 Å². The summed E-state index contributed by atoms with van der Waals surface area (Å²) in [5.74, 6) is -0.600. The molecule has 7 heteroatoms. The van der Waals surface area contributed by atoms with Gasteiger partial charge in [-0.1, -0.05) is 12.1 Å². The van der Waals surface area contributed by atoms with Crippen molar-refractivity contribution in [1.29, 1.82) is 0 Å². The second-order valence-electron chi connectivity index (χ2n) is 7.27. The molecule has 0 radical (unpaired) electrons. The van der Waals surface area contributed by atoms with E-state index in [1.54, 1.807) is 11.9 Å². The lowest BCUT2D eigenvalue weighted by molar-refractivity contribution is -0.152. The zero-order chi connectivity index (χ0) is 20.4. The lowest BCUT2D eigenvalue weighted by Gasteiger charge is -2.21. The summed E-state index contributed by atoms with van der Waals surface area (Å²) in [5.41, 5.74) is 4.52. The summed E-state index contributed by atoms with van der Waals surface area (Å²) in [5, 5.41) is 5.63. The van der Waals surface area contributed by atoms with Gasteiger partial charge in [-0.25, -0.2) is 9.50 Å². The number of hydrogen-bond acceptors (Lipinski definition) is 5. The Morgan fingerprint density at radius 2 is 1.93 bits per heavy atom. The van der Waals surface area contributed by atoms with Gasteiger partial charge in [-0.15, -0.1) is 0 Å². The number of ether oxygens (including phenoxy) is 1. The van der Waals surface area contributed by atoms with Crippen molar-refractivity contribution in [2.24, 2.45) is 0 Å². The molecule has 0 atom stereocenters. The van der Waals surface area contributed by atoms with Gasteiger partial charge in [-0.2, -0.15) is 5.10 Å². The number of amides is 1. The first-order chi connectivity index (χ1) is 13.3. The van der Waals surface area contributed by atoms with Crippen LogP contribution in [0.5, 0.6) is 0 Å². The zero-order valence-corrected chi connectivity index (χ0v) is 17.0. The first-order valence-electron chi connectivity index (χ1n) is 9.44. The molecular weight excluding hydrogens is 356 g/mol. The molecule has 7 nitrogen and oxygen atoms in total. The lowest BCUT2D eigenvalue weighted by atomic mass is 10.1. The Morgan fingerprint density at radius 1 is 1.21 bits per heavy atom.